The van der Waals surface area contributed by atoms with Crippen molar-refractivity contribution < 1.29 is 24.1 Å². The highest BCUT2D eigenvalue weighted by atomic mass is 79.9. The van der Waals surface area contributed by atoms with Crippen LogP contribution in [0.15, 0.2) is 4.47 Å². The minimum Gasteiger partial charge on any atom is -0.492 e. The van der Waals surface area contributed by atoms with Crippen molar-refractivity contribution in [3.8, 4) is 11.5 Å². The number of aliphatic hydroxyl groups excluding tert-OH is 1. The fraction of sp³-hybridized carbons (Fsp3) is 0.462. The molecular weight excluding hydrogens is 316 g/mol. The largest absolute Gasteiger partial charge is 0.492 e. The van der Waals surface area contributed by atoms with Crippen molar-refractivity contribution in [2.24, 2.45) is 0 Å². The molecule has 2 aliphatic rings. The summed E-state index contributed by atoms with van der Waals surface area (Å²) in [5, 5.41) is 10.2. The van der Waals surface area contributed by atoms with Crippen molar-refractivity contribution in [3.05, 3.63) is 21.2 Å². The Bertz CT molecular complexity index is 519. The Morgan fingerprint density at radius 2 is 1.89 bits per heavy atom. The second kappa shape index (κ2) is 4.68. The molecule has 19 heavy (non-hydrogen) atoms. The molecule has 102 valence electrons. The molecule has 6 heteroatoms. The van der Waals surface area contributed by atoms with Crippen LogP contribution in [0, 0.1) is 0 Å². The van der Waals surface area contributed by atoms with E-state index in [2.05, 4.69) is 20.7 Å². The Labute approximate surface area is 118 Å². The fourth-order valence-corrected chi connectivity index (χ4v) is 3.34. The van der Waals surface area contributed by atoms with Gasteiger partial charge in [-0.25, -0.2) is 4.79 Å². The van der Waals surface area contributed by atoms with Crippen molar-refractivity contribution >= 4 is 21.9 Å². The van der Waals surface area contributed by atoms with E-state index in [4.69, 9.17) is 9.47 Å². The summed E-state index contributed by atoms with van der Waals surface area (Å²) in [6.07, 6.45) is 0.0434. The maximum absolute atomic E-state index is 11.6. The number of aliphatic hydroxyl groups is 1. The first-order valence-electron chi connectivity index (χ1n) is 6.03. The number of hydrogen-bond donors (Lipinski definition) is 1. The number of ether oxygens (including phenoxy) is 3. The van der Waals surface area contributed by atoms with E-state index in [1.165, 1.54) is 7.11 Å². The molecule has 1 unspecified atom stereocenters. The average molecular weight is 329 g/mol. The maximum atomic E-state index is 11.6. The first-order valence-corrected chi connectivity index (χ1v) is 6.83. The zero-order valence-corrected chi connectivity index (χ0v) is 11.9. The minimum absolute atomic E-state index is 0.495. The Hall–Kier alpha value is -1.27. The molecule has 5 nitrogen and oxygen atoms in total. The van der Waals surface area contributed by atoms with Gasteiger partial charge in [0.2, 0.25) is 0 Å². The molecule has 2 heterocycles. The van der Waals surface area contributed by atoms with Crippen molar-refractivity contribution in [1.29, 1.82) is 0 Å². The third-order valence-corrected chi connectivity index (χ3v) is 4.32. The van der Waals surface area contributed by atoms with Gasteiger partial charge in [-0.3, -0.25) is 0 Å². The second-order valence-corrected chi connectivity index (χ2v) is 5.26. The van der Waals surface area contributed by atoms with Crippen LogP contribution in [0.1, 0.15) is 22.8 Å². The summed E-state index contributed by atoms with van der Waals surface area (Å²) in [4.78, 5) is 11.6. The molecule has 0 aliphatic carbocycles. The third kappa shape index (κ3) is 1.81. The van der Waals surface area contributed by atoms with Crippen LogP contribution >= 0.6 is 15.9 Å². The lowest BCUT2D eigenvalue weighted by Gasteiger charge is -2.17. The van der Waals surface area contributed by atoms with Gasteiger partial charge in [0.05, 0.1) is 24.8 Å². The van der Waals surface area contributed by atoms with Gasteiger partial charge in [-0.15, -0.1) is 0 Å². The third-order valence-electron chi connectivity index (χ3n) is 3.48. The summed E-state index contributed by atoms with van der Waals surface area (Å²) in [6, 6.07) is 0. The van der Waals surface area contributed by atoms with E-state index in [1.807, 2.05) is 0 Å². The van der Waals surface area contributed by atoms with Gasteiger partial charge in [-0.05, 0) is 15.9 Å². The Balaban J connectivity index is 2.21. The van der Waals surface area contributed by atoms with Crippen LogP contribution in [-0.2, 0) is 22.4 Å². The number of hydrogen-bond acceptors (Lipinski definition) is 5. The van der Waals surface area contributed by atoms with Crippen LogP contribution in [0.5, 0.6) is 11.5 Å². The van der Waals surface area contributed by atoms with E-state index in [9.17, 15) is 9.90 Å². The fourth-order valence-electron chi connectivity index (χ4n) is 2.61. The zero-order valence-electron chi connectivity index (χ0n) is 10.4. The van der Waals surface area contributed by atoms with E-state index < -0.39 is 12.1 Å². The quantitative estimate of drug-likeness (QED) is 0.834. The van der Waals surface area contributed by atoms with Gasteiger partial charge < -0.3 is 19.3 Å². The number of methoxy groups -OCH3 is 1. The molecular formula is C13H13BrO5. The summed E-state index contributed by atoms with van der Waals surface area (Å²) in [5.74, 6) is 0.616. The molecule has 0 fully saturated rings. The van der Waals surface area contributed by atoms with Crippen molar-refractivity contribution in [2.75, 3.05) is 20.3 Å². The average Bonchev–Trinajstić information content (AvgIpc) is 3.06. The van der Waals surface area contributed by atoms with Crippen LogP contribution < -0.4 is 9.47 Å². The predicted molar refractivity (Wildman–Crippen MR) is 69.5 cm³/mol. The summed E-state index contributed by atoms with van der Waals surface area (Å²) < 4.78 is 16.7. The monoisotopic (exact) mass is 328 g/mol. The van der Waals surface area contributed by atoms with E-state index in [0.29, 0.717) is 36.7 Å². The number of carbonyl (C=O) groups is 1. The molecule has 2 aliphatic heterocycles. The summed E-state index contributed by atoms with van der Waals surface area (Å²) >= 11 is 3.52. The molecule has 0 saturated heterocycles. The molecule has 0 saturated carbocycles. The lowest BCUT2D eigenvalue weighted by atomic mass is 9.95. The normalized spacial score (nSPS) is 17.2. The molecule has 0 bridgehead atoms. The minimum atomic E-state index is -1.33. The van der Waals surface area contributed by atoms with E-state index in [1.54, 1.807) is 0 Å². The lowest BCUT2D eigenvalue weighted by molar-refractivity contribution is -0.150. The summed E-state index contributed by atoms with van der Waals surface area (Å²) in [6.45, 7) is 1.08. The smallest absolute Gasteiger partial charge is 0.339 e. The van der Waals surface area contributed by atoms with Crippen LogP contribution in [0.2, 0.25) is 0 Å². The molecule has 0 aromatic heterocycles. The number of rotatable bonds is 2. The number of fused-ring (bicyclic) bond motifs is 2. The standard InChI is InChI=1S/C13H13BrO5/c1-17-13(16)10(15)8-6-2-4-19-12(6)9(14)7-3-5-18-11(7)8/h10,15H,2-5H2,1H3. The predicted octanol–water partition coefficient (Wildman–Crippen LogP) is 1.53. The van der Waals surface area contributed by atoms with Crippen molar-refractivity contribution in [1.82, 2.24) is 0 Å². The number of benzene rings is 1. The van der Waals surface area contributed by atoms with Gasteiger partial charge in [-0.1, -0.05) is 0 Å². The number of halogens is 1. The first kappa shape index (κ1) is 12.7. The molecule has 1 N–H and O–H groups in total. The van der Waals surface area contributed by atoms with Gasteiger partial charge in [-0.2, -0.15) is 0 Å². The van der Waals surface area contributed by atoms with Crippen LogP contribution in [0.3, 0.4) is 0 Å². The van der Waals surface area contributed by atoms with Crippen molar-refractivity contribution in [2.45, 2.75) is 18.9 Å². The molecule has 1 atom stereocenters. The molecule has 0 spiro atoms. The summed E-state index contributed by atoms with van der Waals surface area (Å²) in [7, 11) is 1.25. The highest BCUT2D eigenvalue weighted by molar-refractivity contribution is 9.10. The number of carbonyl (C=O) groups excluding carboxylic acids is 1. The highest BCUT2D eigenvalue weighted by Crippen LogP contribution is 2.49. The molecule has 1 aromatic rings. The van der Waals surface area contributed by atoms with Crippen LogP contribution in [0.4, 0.5) is 0 Å². The zero-order chi connectivity index (χ0) is 13.6. The van der Waals surface area contributed by atoms with Gasteiger partial charge in [0.25, 0.3) is 0 Å². The van der Waals surface area contributed by atoms with Crippen LogP contribution in [0.25, 0.3) is 0 Å². The molecule has 3 rings (SSSR count). The summed E-state index contributed by atoms with van der Waals surface area (Å²) in [5.41, 5.74) is 2.26. The first-order chi connectivity index (χ1) is 9.15. The molecule has 1 aromatic carbocycles. The van der Waals surface area contributed by atoms with Gasteiger partial charge in [0, 0.05) is 29.5 Å². The van der Waals surface area contributed by atoms with E-state index in [-0.39, 0.29) is 0 Å². The number of esters is 1. The molecule has 0 radical (unpaired) electrons. The van der Waals surface area contributed by atoms with E-state index in [0.717, 1.165) is 22.0 Å². The second-order valence-electron chi connectivity index (χ2n) is 4.47. The van der Waals surface area contributed by atoms with Gasteiger partial charge in [0.15, 0.2) is 6.10 Å². The SMILES string of the molecule is COC(=O)C(O)c1c2c(c(Br)c3c1OCC3)OCC2. The topological polar surface area (TPSA) is 65.0 Å². The maximum Gasteiger partial charge on any atom is 0.339 e. The Morgan fingerprint density at radius 3 is 2.58 bits per heavy atom. The van der Waals surface area contributed by atoms with Gasteiger partial charge >= 0.3 is 5.97 Å². The van der Waals surface area contributed by atoms with Crippen molar-refractivity contribution in [3.63, 3.8) is 0 Å². The van der Waals surface area contributed by atoms with Gasteiger partial charge in [0.1, 0.15) is 11.5 Å². The van der Waals surface area contributed by atoms with Crippen LogP contribution in [-0.4, -0.2) is 31.4 Å². The lowest BCUT2D eigenvalue weighted by Crippen LogP contribution is -2.16. The Morgan fingerprint density at radius 1 is 1.26 bits per heavy atom. The van der Waals surface area contributed by atoms with E-state index >= 15 is 0 Å². The molecule has 0 amide bonds. The highest BCUT2D eigenvalue weighted by Gasteiger charge is 2.35. The Kier molecular flexibility index (Phi) is 3.14.